The summed E-state index contributed by atoms with van der Waals surface area (Å²) in [5, 5.41) is 0. The van der Waals surface area contributed by atoms with E-state index in [0.717, 1.165) is 57.3 Å². The first kappa shape index (κ1) is 19.5. The lowest BCUT2D eigenvalue weighted by Crippen LogP contribution is -2.25. The minimum atomic E-state index is -0.0519. The molecule has 0 aliphatic heterocycles. The average molecular weight is 341 g/mol. The maximum Gasteiger partial charge on any atom is 0.314 e. The van der Waals surface area contributed by atoms with Crippen LogP contribution in [-0.4, -0.2) is 5.97 Å². The Balaban J connectivity index is 1.73. The number of benzene rings is 1. The second-order valence-electron chi connectivity index (χ2n) is 7.18. The number of ether oxygens (including phenoxy) is 1. The summed E-state index contributed by atoms with van der Waals surface area (Å²) in [6.45, 7) is 7.52. The van der Waals surface area contributed by atoms with Crippen molar-refractivity contribution in [3.8, 4) is 5.75 Å². The van der Waals surface area contributed by atoms with Gasteiger partial charge in [0.05, 0.1) is 5.92 Å². The average Bonchev–Trinajstić information content (AvgIpc) is 2.64. The molecule has 0 atom stereocenters. The van der Waals surface area contributed by atoms with Crippen molar-refractivity contribution in [2.75, 3.05) is 0 Å². The predicted octanol–water partition coefficient (Wildman–Crippen LogP) is 6.26. The van der Waals surface area contributed by atoms with Crippen molar-refractivity contribution in [1.29, 1.82) is 0 Å². The van der Waals surface area contributed by atoms with Gasteiger partial charge >= 0.3 is 5.97 Å². The van der Waals surface area contributed by atoms with Crippen LogP contribution in [0, 0.1) is 11.8 Å². The molecule has 1 aromatic rings. The summed E-state index contributed by atoms with van der Waals surface area (Å²) < 4.78 is 5.60. The van der Waals surface area contributed by atoms with Crippen LogP contribution in [0.5, 0.6) is 5.75 Å². The Morgan fingerprint density at radius 3 is 2.28 bits per heavy atom. The molecule has 25 heavy (non-hydrogen) atoms. The fourth-order valence-electron chi connectivity index (χ4n) is 3.61. The number of carbonyl (C=O) groups excluding carboxylic acids is 1. The van der Waals surface area contributed by atoms with Gasteiger partial charge in [-0.3, -0.25) is 4.79 Å². The highest BCUT2D eigenvalue weighted by atomic mass is 16.5. The van der Waals surface area contributed by atoms with Gasteiger partial charge in [-0.25, -0.2) is 0 Å². The van der Waals surface area contributed by atoms with Gasteiger partial charge in [-0.05, 0) is 81.4 Å². The van der Waals surface area contributed by atoms with Gasteiger partial charge in [0.2, 0.25) is 0 Å². The van der Waals surface area contributed by atoms with Crippen LogP contribution in [0.25, 0.3) is 0 Å². The van der Waals surface area contributed by atoms with Crippen LogP contribution < -0.4 is 4.74 Å². The van der Waals surface area contributed by atoms with Gasteiger partial charge < -0.3 is 4.74 Å². The zero-order valence-corrected chi connectivity index (χ0v) is 15.4. The molecule has 0 aromatic heterocycles. The lowest BCUT2D eigenvalue weighted by Gasteiger charge is -2.27. The highest BCUT2D eigenvalue weighted by molar-refractivity contribution is 5.75. The SMILES string of the molecule is C=CCCCc1ccc(OC(=O)[C@H]2CC[C@H](CCCC=C)CC2)cc1. The van der Waals surface area contributed by atoms with E-state index in [0.29, 0.717) is 5.75 Å². The third-order valence-electron chi connectivity index (χ3n) is 5.22. The smallest absolute Gasteiger partial charge is 0.314 e. The molecule has 2 rings (SSSR count). The topological polar surface area (TPSA) is 26.3 Å². The van der Waals surface area contributed by atoms with E-state index in [4.69, 9.17) is 4.74 Å². The zero-order chi connectivity index (χ0) is 17.9. The number of rotatable bonds is 10. The first-order chi connectivity index (χ1) is 12.2. The minimum absolute atomic E-state index is 0.0519. The summed E-state index contributed by atoms with van der Waals surface area (Å²) in [7, 11) is 0. The van der Waals surface area contributed by atoms with Crippen LogP contribution in [0.4, 0.5) is 0 Å². The Labute approximate surface area is 153 Å². The number of carbonyl (C=O) groups is 1. The Bertz CT molecular complexity index is 536. The van der Waals surface area contributed by atoms with Gasteiger partial charge in [0.15, 0.2) is 0 Å². The first-order valence-electron chi connectivity index (χ1n) is 9.75. The molecule has 0 radical (unpaired) electrons. The maximum atomic E-state index is 12.4. The van der Waals surface area contributed by atoms with Crippen molar-refractivity contribution < 1.29 is 9.53 Å². The van der Waals surface area contributed by atoms with E-state index in [9.17, 15) is 4.79 Å². The van der Waals surface area contributed by atoms with Crippen molar-refractivity contribution >= 4 is 5.97 Å². The number of unbranched alkanes of at least 4 members (excludes halogenated alkanes) is 2. The van der Waals surface area contributed by atoms with Crippen LogP contribution in [0.1, 0.15) is 63.4 Å². The van der Waals surface area contributed by atoms with E-state index >= 15 is 0 Å². The number of aryl methyl sites for hydroxylation is 1. The molecule has 0 spiro atoms. The number of hydrogen-bond donors (Lipinski definition) is 0. The fourth-order valence-corrected chi connectivity index (χ4v) is 3.61. The molecule has 2 heteroatoms. The lowest BCUT2D eigenvalue weighted by molar-refractivity contribution is -0.140. The fraction of sp³-hybridized carbons (Fsp3) is 0.522. The van der Waals surface area contributed by atoms with Gasteiger partial charge in [0.25, 0.3) is 0 Å². The molecular formula is C23H32O2. The molecule has 1 fully saturated rings. The van der Waals surface area contributed by atoms with E-state index in [1.807, 2.05) is 24.3 Å². The van der Waals surface area contributed by atoms with Crippen LogP contribution in [0.2, 0.25) is 0 Å². The van der Waals surface area contributed by atoms with Crippen LogP contribution >= 0.6 is 0 Å². The standard InChI is InChI=1S/C23H32O2/c1-3-5-7-9-19-11-15-21(16-12-19)23(24)25-22-17-13-20(14-18-22)10-8-6-4-2/h3-4,13-14,17-19,21H,1-2,5-12,15-16H2/t19-,21-. The van der Waals surface area contributed by atoms with E-state index < -0.39 is 0 Å². The summed E-state index contributed by atoms with van der Waals surface area (Å²) in [5.74, 6) is 1.47. The second kappa shape index (κ2) is 10.9. The Kier molecular flexibility index (Phi) is 8.51. The normalized spacial score (nSPS) is 20.0. The Hall–Kier alpha value is -1.83. The summed E-state index contributed by atoms with van der Waals surface area (Å²) in [6.07, 6.45) is 15.0. The third kappa shape index (κ3) is 6.89. The highest BCUT2D eigenvalue weighted by Gasteiger charge is 2.27. The predicted molar refractivity (Wildman–Crippen MR) is 105 cm³/mol. The minimum Gasteiger partial charge on any atom is -0.426 e. The molecule has 0 N–H and O–H groups in total. The van der Waals surface area contributed by atoms with E-state index in [1.165, 1.54) is 18.4 Å². The van der Waals surface area contributed by atoms with Crippen molar-refractivity contribution in [1.82, 2.24) is 0 Å². The van der Waals surface area contributed by atoms with Gasteiger partial charge in [-0.15, -0.1) is 13.2 Å². The quantitative estimate of drug-likeness (QED) is 0.217. The number of allylic oxidation sites excluding steroid dienone is 2. The highest BCUT2D eigenvalue weighted by Crippen LogP contribution is 2.33. The number of esters is 1. The monoisotopic (exact) mass is 340 g/mol. The zero-order valence-electron chi connectivity index (χ0n) is 15.4. The summed E-state index contributed by atoms with van der Waals surface area (Å²) in [6, 6.07) is 7.95. The molecule has 0 amide bonds. The largest absolute Gasteiger partial charge is 0.426 e. The molecule has 0 heterocycles. The van der Waals surface area contributed by atoms with E-state index in [-0.39, 0.29) is 11.9 Å². The molecule has 1 aliphatic carbocycles. The molecule has 0 unspecified atom stereocenters. The molecule has 1 saturated carbocycles. The van der Waals surface area contributed by atoms with Gasteiger partial charge in [0, 0.05) is 0 Å². The molecular weight excluding hydrogens is 308 g/mol. The van der Waals surface area contributed by atoms with Crippen LogP contribution in [0.3, 0.4) is 0 Å². The van der Waals surface area contributed by atoms with Gasteiger partial charge in [-0.2, -0.15) is 0 Å². The van der Waals surface area contributed by atoms with Crippen molar-refractivity contribution in [3.63, 3.8) is 0 Å². The van der Waals surface area contributed by atoms with Crippen LogP contribution in [-0.2, 0) is 11.2 Å². The maximum absolute atomic E-state index is 12.4. The Morgan fingerprint density at radius 2 is 1.64 bits per heavy atom. The van der Waals surface area contributed by atoms with E-state index in [1.54, 1.807) is 0 Å². The summed E-state index contributed by atoms with van der Waals surface area (Å²) in [4.78, 5) is 12.4. The Morgan fingerprint density at radius 1 is 1.00 bits per heavy atom. The van der Waals surface area contributed by atoms with Gasteiger partial charge in [-0.1, -0.05) is 30.7 Å². The molecule has 1 aromatic carbocycles. The summed E-state index contributed by atoms with van der Waals surface area (Å²) in [5.41, 5.74) is 1.28. The van der Waals surface area contributed by atoms with Gasteiger partial charge in [0.1, 0.15) is 5.75 Å². The lowest BCUT2D eigenvalue weighted by atomic mass is 9.80. The molecule has 2 nitrogen and oxygen atoms in total. The first-order valence-corrected chi connectivity index (χ1v) is 9.75. The van der Waals surface area contributed by atoms with Crippen molar-refractivity contribution in [2.45, 2.75) is 64.2 Å². The molecule has 0 saturated heterocycles. The van der Waals surface area contributed by atoms with Crippen LogP contribution in [0.15, 0.2) is 49.6 Å². The molecule has 0 bridgehead atoms. The van der Waals surface area contributed by atoms with Crippen molar-refractivity contribution in [2.24, 2.45) is 11.8 Å². The molecule has 136 valence electrons. The molecule has 1 aliphatic rings. The number of hydrogen-bond acceptors (Lipinski definition) is 2. The van der Waals surface area contributed by atoms with E-state index in [2.05, 4.69) is 25.3 Å². The van der Waals surface area contributed by atoms with Crippen molar-refractivity contribution in [3.05, 3.63) is 55.1 Å². The second-order valence-corrected chi connectivity index (χ2v) is 7.18. The third-order valence-corrected chi connectivity index (χ3v) is 5.22. The summed E-state index contributed by atoms with van der Waals surface area (Å²) >= 11 is 0.